The summed E-state index contributed by atoms with van der Waals surface area (Å²) in [6.45, 7) is 1.37. The van der Waals surface area contributed by atoms with Gasteiger partial charge in [-0.2, -0.15) is 15.5 Å². The molecule has 67 heavy (non-hydrogen) atoms. The summed E-state index contributed by atoms with van der Waals surface area (Å²) in [5, 5.41) is 20.4. The third-order valence-electron chi connectivity index (χ3n) is 9.86. The van der Waals surface area contributed by atoms with Crippen LogP contribution >= 0.6 is 150 Å². The Kier molecular flexibility index (Phi) is 18.3. The molecule has 0 radical (unpaired) electrons. The van der Waals surface area contributed by atoms with E-state index in [0.29, 0.717) is 69.7 Å². The van der Waals surface area contributed by atoms with Crippen LogP contribution < -0.4 is 4.74 Å². The molecule has 5 aromatic rings. The van der Waals surface area contributed by atoms with Gasteiger partial charge in [-0.05, 0) is 103 Å². The highest BCUT2D eigenvalue weighted by atomic mass is 127. The molecule has 1 aliphatic heterocycles. The van der Waals surface area contributed by atoms with Gasteiger partial charge >= 0.3 is 0 Å². The van der Waals surface area contributed by atoms with E-state index in [9.17, 15) is 0 Å². The average molecular weight is 1300 g/mol. The van der Waals surface area contributed by atoms with Crippen molar-refractivity contribution in [2.45, 2.75) is 51.0 Å². The Labute approximate surface area is 455 Å². The van der Waals surface area contributed by atoms with E-state index in [4.69, 9.17) is 124 Å². The minimum absolute atomic E-state index is 0.0596. The lowest BCUT2D eigenvalue weighted by Gasteiger charge is -2.23. The van der Waals surface area contributed by atoms with Crippen molar-refractivity contribution in [1.82, 2.24) is 49.8 Å². The molecule has 0 amide bonds. The Balaban J connectivity index is 0.000000126. The Bertz CT molecular complexity index is 2970. The van der Waals surface area contributed by atoms with Gasteiger partial charge in [-0.25, -0.2) is 44.9 Å². The van der Waals surface area contributed by atoms with Crippen molar-refractivity contribution in [3.05, 3.63) is 134 Å². The first-order valence-electron chi connectivity index (χ1n) is 19.4. The normalized spacial score (nSPS) is 15.3. The van der Waals surface area contributed by atoms with Crippen molar-refractivity contribution in [3.63, 3.8) is 0 Å². The molecule has 6 heterocycles. The zero-order valence-electron chi connectivity index (χ0n) is 33.7. The maximum absolute atomic E-state index is 9.13. The molecule has 0 unspecified atom stereocenters. The molecule has 0 bridgehead atoms. The van der Waals surface area contributed by atoms with Crippen LogP contribution in [0.25, 0.3) is 24.4 Å². The number of nitrogens with zero attached hydrogens (tertiary/aromatic N) is 12. The molecule has 14 nitrogen and oxygen atoms in total. The third-order valence-corrected chi connectivity index (χ3v) is 13.8. The number of ether oxygens (including phenoxy) is 2. The Morgan fingerprint density at radius 3 is 1.40 bits per heavy atom. The quantitative estimate of drug-likeness (QED) is 0.0920. The molecular weight excluding hydrogens is 1280 g/mol. The summed E-state index contributed by atoms with van der Waals surface area (Å²) in [7, 11) is 0. The van der Waals surface area contributed by atoms with E-state index < -0.39 is 0 Å². The monoisotopic (exact) mass is 1300 g/mol. The first kappa shape index (κ1) is 51.8. The number of allylic oxidation sites excluding steroid dienone is 7. The lowest BCUT2D eigenvalue weighted by Crippen LogP contribution is -2.26. The van der Waals surface area contributed by atoms with Gasteiger partial charge in [0.25, 0.3) is 0 Å². The molecule has 25 heteroatoms. The molecule has 0 N–H and O–H groups in total. The summed E-state index contributed by atoms with van der Waals surface area (Å²) in [6, 6.07) is 4.18. The van der Waals surface area contributed by atoms with Crippen molar-refractivity contribution in [1.29, 1.82) is 10.5 Å². The van der Waals surface area contributed by atoms with Gasteiger partial charge in [0.1, 0.15) is 26.7 Å². The maximum atomic E-state index is 9.13. The molecule has 1 fully saturated rings. The van der Waals surface area contributed by atoms with Crippen LogP contribution in [0, 0.1) is 22.7 Å². The van der Waals surface area contributed by atoms with Crippen molar-refractivity contribution in [2.24, 2.45) is 0 Å². The predicted octanol–water partition coefficient (Wildman–Crippen LogP) is 13.0. The van der Waals surface area contributed by atoms with E-state index in [-0.39, 0.29) is 37.7 Å². The van der Waals surface area contributed by atoms with Gasteiger partial charge in [-0.3, -0.25) is 0 Å². The number of rotatable bonds is 2. The van der Waals surface area contributed by atoms with E-state index in [1.54, 1.807) is 6.08 Å². The zero-order valence-corrected chi connectivity index (χ0v) is 44.9. The number of halogens is 11. The standard InChI is InChI=1S/C13H12ClN3O2.C8H3Cl2N3.2C7H3Cl2IN2.C7H4Cl2N2/c14-13-16-10-2-1-8(7-15)11(10)12(17-13)19-9-3-5-18-6-4-9;9-7-6-4(3-11)1-2-5(6)12-8(10)13-7;2*8-6-5-3(10)1-2-4(5)11-7(9)12-6;8-6-4-2-1-3-5(4)10-7(9)11-6/h1,9H,2-6H2;1H,2H2;2*1H,2H2;1-2H,3H2. The first-order chi connectivity index (χ1) is 32.1. The highest BCUT2D eigenvalue weighted by Crippen LogP contribution is 2.38. The maximum Gasteiger partial charge on any atom is 0.227 e. The summed E-state index contributed by atoms with van der Waals surface area (Å²) in [5.41, 5.74) is 9.40. The fraction of sp³-hybridized carbons (Fsp3) is 0.238. The van der Waals surface area contributed by atoms with Crippen molar-refractivity contribution < 1.29 is 9.47 Å². The Hall–Kier alpha value is -3.09. The van der Waals surface area contributed by atoms with Gasteiger partial charge in [-0.1, -0.05) is 82.9 Å². The first-order valence-corrected chi connectivity index (χ1v) is 25.0. The van der Waals surface area contributed by atoms with E-state index in [0.717, 1.165) is 84.4 Å². The number of aromatic nitrogens is 10. The van der Waals surface area contributed by atoms with Crippen LogP contribution in [0.3, 0.4) is 0 Å². The zero-order chi connectivity index (χ0) is 47.9. The van der Waals surface area contributed by atoms with Gasteiger partial charge in [0.15, 0.2) is 0 Å². The predicted molar refractivity (Wildman–Crippen MR) is 278 cm³/mol. The van der Waals surface area contributed by atoms with Crippen LogP contribution in [0.4, 0.5) is 0 Å². The molecule has 5 aromatic heterocycles. The van der Waals surface area contributed by atoms with Crippen molar-refractivity contribution in [3.8, 4) is 18.0 Å². The molecule has 342 valence electrons. The number of hydrogen-bond donors (Lipinski definition) is 0. The fourth-order valence-electron chi connectivity index (χ4n) is 6.89. The minimum atomic E-state index is 0.0596. The molecule has 0 atom stereocenters. The van der Waals surface area contributed by atoms with Gasteiger partial charge in [0.2, 0.25) is 32.3 Å². The van der Waals surface area contributed by atoms with E-state index >= 15 is 0 Å². The number of fused-ring (bicyclic) bond motifs is 5. The smallest absolute Gasteiger partial charge is 0.227 e. The molecule has 0 aromatic carbocycles. The van der Waals surface area contributed by atoms with E-state index in [1.807, 2.05) is 24.3 Å². The summed E-state index contributed by atoms with van der Waals surface area (Å²) >= 11 is 56.2. The van der Waals surface area contributed by atoms with Crippen molar-refractivity contribution in [2.75, 3.05) is 13.2 Å². The molecule has 11 rings (SSSR count). The van der Waals surface area contributed by atoms with Gasteiger partial charge in [0.05, 0.1) is 76.1 Å². The Morgan fingerprint density at radius 1 is 0.493 bits per heavy atom. The van der Waals surface area contributed by atoms with Crippen LogP contribution in [-0.2, 0) is 36.8 Å². The largest absolute Gasteiger partial charge is 0.474 e. The number of nitriles is 2. The summed E-state index contributed by atoms with van der Waals surface area (Å²) < 4.78 is 13.4. The summed E-state index contributed by atoms with van der Waals surface area (Å²) in [6.07, 6.45) is 16.9. The van der Waals surface area contributed by atoms with Gasteiger partial charge in [-0.15, -0.1) is 0 Å². The van der Waals surface area contributed by atoms with E-state index in [1.165, 1.54) is 0 Å². The molecule has 0 spiro atoms. The lowest BCUT2D eigenvalue weighted by molar-refractivity contribution is 0.0235. The van der Waals surface area contributed by atoms with Crippen molar-refractivity contribution >= 4 is 174 Å². The second-order valence-electron chi connectivity index (χ2n) is 14.0. The molecule has 5 aliphatic carbocycles. The molecule has 6 aliphatic rings. The summed E-state index contributed by atoms with van der Waals surface area (Å²) in [4.78, 5) is 39.8. The fourth-order valence-corrected chi connectivity index (χ4v) is 11.0. The van der Waals surface area contributed by atoms with E-state index in [2.05, 4.69) is 113 Å². The second kappa shape index (κ2) is 23.7. The van der Waals surface area contributed by atoms with Crippen LogP contribution in [0.1, 0.15) is 69.1 Å². The third kappa shape index (κ3) is 12.8. The van der Waals surface area contributed by atoms with Crippen LogP contribution in [-0.4, -0.2) is 69.2 Å². The Morgan fingerprint density at radius 2 is 0.896 bits per heavy atom. The van der Waals surface area contributed by atoms with Crippen LogP contribution in [0.15, 0.2) is 30.4 Å². The van der Waals surface area contributed by atoms with Gasteiger partial charge in [0, 0.05) is 68.8 Å². The highest BCUT2D eigenvalue weighted by Gasteiger charge is 2.26. The highest BCUT2D eigenvalue weighted by molar-refractivity contribution is 14.1. The second-order valence-corrected chi connectivity index (χ2v) is 19.4. The van der Waals surface area contributed by atoms with Crippen LogP contribution in [0.2, 0.25) is 47.0 Å². The number of hydrogen-bond acceptors (Lipinski definition) is 14. The average Bonchev–Trinajstić information content (AvgIpc) is 4.13. The summed E-state index contributed by atoms with van der Waals surface area (Å²) in [5.74, 6) is 0.423. The molecule has 1 saturated heterocycles. The van der Waals surface area contributed by atoms with Gasteiger partial charge < -0.3 is 9.47 Å². The van der Waals surface area contributed by atoms with Crippen LogP contribution in [0.5, 0.6) is 5.88 Å². The molecular formula is C42H25Cl9I2N12O2. The SMILES string of the molecule is Clc1nc(Cl)c2c(n1)CC=C2.Clc1nc(Cl)c2c(n1)CC=C2I.Clc1nc(Cl)c2c(n1)CC=C2I.N#CC1=CCc2nc(Cl)nc(Cl)c21.N#CC1=CCc2nc(Cl)nc(OC3CCOCC3)c21. The molecule has 0 saturated carbocycles. The lowest BCUT2D eigenvalue weighted by atomic mass is 10.1. The topological polar surface area (TPSA) is 195 Å². The minimum Gasteiger partial charge on any atom is -0.474 e.